The first-order chi connectivity index (χ1) is 14.0. The van der Waals surface area contributed by atoms with E-state index in [9.17, 15) is 0 Å². The number of hydrogen-bond donors (Lipinski definition) is 1. The number of fused-ring (bicyclic) bond motifs is 1. The van der Waals surface area contributed by atoms with E-state index in [2.05, 4.69) is 92.8 Å². The highest BCUT2D eigenvalue weighted by Crippen LogP contribution is 2.32. The summed E-state index contributed by atoms with van der Waals surface area (Å²) in [5.74, 6) is 0.889. The molecule has 2 heteroatoms. The van der Waals surface area contributed by atoms with Crippen molar-refractivity contribution in [3.63, 3.8) is 0 Å². The van der Waals surface area contributed by atoms with Gasteiger partial charge in [-0.1, -0.05) is 81.4 Å². The number of benzene rings is 4. The summed E-state index contributed by atoms with van der Waals surface area (Å²) in [4.78, 5) is 0. The zero-order valence-corrected chi connectivity index (χ0v) is 17.3. The van der Waals surface area contributed by atoms with Gasteiger partial charge in [-0.25, -0.2) is 0 Å². The minimum absolute atomic E-state index is 0.0887. The molecule has 0 aliphatic rings. The number of nitrogens with one attached hydrogen (secondary N) is 1. The van der Waals surface area contributed by atoms with E-state index in [0.29, 0.717) is 6.61 Å². The molecule has 0 aliphatic heterocycles. The second-order valence-corrected chi connectivity index (χ2v) is 8.42. The van der Waals surface area contributed by atoms with Crippen molar-refractivity contribution in [2.45, 2.75) is 32.8 Å². The molecule has 146 valence electrons. The summed E-state index contributed by atoms with van der Waals surface area (Å²) in [7, 11) is 0. The van der Waals surface area contributed by atoms with Gasteiger partial charge < -0.3 is 10.1 Å². The van der Waals surface area contributed by atoms with Gasteiger partial charge in [0, 0.05) is 11.4 Å². The van der Waals surface area contributed by atoms with Gasteiger partial charge in [-0.2, -0.15) is 0 Å². The lowest BCUT2D eigenvalue weighted by Crippen LogP contribution is -2.13. The molecule has 0 bridgehead atoms. The summed E-state index contributed by atoms with van der Waals surface area (Å²) in [6.45, 7) is 7.30. The van der Waals surface area contributed by atoms with Crippen molar-refractivity contribution in [2.24, 2.45) is 0 Å². The Labute approximate surface area is 173 Å². The lowest BCUT2D eigenvalue weighted by molar-refractivity contribution is 0.306. The summed E-state index contributed by atoms with van der Waals surface area (Å²) in [5, 5.41) is 5.96. The van der Waals surface area contributed by atoms with Crippen LogP contribution in [0.5, 0.6) is 5.75 Å². The van der Waals surface area contributed by atoms with E-state index in [0.717, 1.165) is 17.1 Å². The Hall–Kier alpha value is -3.26. The van der Waals surface area contributed by atoms with Crippen LogP contribution in [0.25, 0.3) is 10.8 Å². The van der Waals surface area contributed by atoms with Crippen LogP contribution in [0.1, 0.15) is 31.9 Å². The van der Waals surface area contributed by atoms with Crippen molar-refractivity contribution >= 4 is 22.1 Å². The van der Waals surface area contributed by atoms with E-state index in [1.807, 2.05) is 24.3 Å². The fourth-order valence-corrected chi connectivity index (χ4v) is 3.53. The van der Waals surface area contributed by atoms with Crippen molar-refractivity contribution in [1.29, 1.82) is 0 Å². The third-order valence-corrected chi connectivity index (χ3v) is 5.07. The van der Waals surface area contributed by atoms with Gasteiger partial charge in [-0.3, -0.25) is 0 Å². The fraction of sp³-hybridized carbons (Fsp3) is 0.185. The highest BCUT2D eigenvalue weighted by molar-refractivity contribution is 5.87. The smallest absolute Gasteiger partial charge is 0.120 e. The first kappa shape index (κ1) is 19.1. The standard InChI is InChI=1S/C27H27NO/c1-27(2,3)25-11-7-8-12-26(25)28-23-15-13-22-18-24(16-14-21(22)17-23)29-19-20-9-5-4-6-10-20/h4-18,28H,19H2,1-3H3. The molecular weight excluding hydrogens is 354 g/mol. The first-order valence-corrected chi connectivity index (χ1v) is 10.1. The van der Waals surface area contributed by atoms with E-state index in [1.165, 1.54) is 21.9 Å². The highest BCUT2D eigenvalue weighted by atomic mass is 16.5. The molecule has 0 radical (unpaired) electrons. The van der Waals surface area contributed by atoms with Crippen molar-refractivity contribution in [2.75, 3.05) is 5.32 Å². The van der Waals surface area contributed by atoms with Gasteiger partial charge in [-0.05, 0) is 57.6 Å². The molecule has 0 unspecified atom stereocenters. The zero-order valence-electron chi connectivity index (χ0n) is 17.3. The van der Waals surface area contributed by atoms with Gasteiger partial charge in [0.15, 0.2) is 0 Å². The zero-order chi connectivity index (χ0) is 20.3. The summed E-state index contributed by atoms with van der Waals surface area (Å²) in [5.41, 5.74) is 4.81. The molecule has 1 N–H and O–H groups in total. The predicted molar refractivity (Wildman–Crippen MR) is 123 cm³/mol. The summed E-state index contributed by atoms with van der Waals surface area (Å²) in [6.07, 6.45) is 0. The van der Waals surface area contributed by atoms with Crippen LogP contribution in [0.4, 0.5) is 11.4 Å². The second-order valence-electron chi connectivity index (χ2n) is 8.42. The summed E-state index contributed by atoms with van der Waals surface area (Å²) < 4.78 is 5.96. The minimum Gasteiger partial charge on any atom is -0.489 e. The van der Waals surface area contributed by atoms with E-state index in [1.54, 1.807) is 0 Å². The topological polar surface area (TPSA) is 21.3 Å². The van der Waals surface area contributed by atoms with Crippen LogP contribution in [0.15, 0.2) is 91.0 Å². The number of ether oxygens (including phenoxy) is 1. The molecule has 29 heavy (non-hydrogen) atoms. The lowest BCUT2D eigenvalue weighted by atomic mass is 9.86. The number of para-hydroxylation sites is 1. The Bertz CT molecular complexity index is 1110. The second kappa shape index (κ2) is 8.00. The third-order valence-electron chi connectivity index (χ3n) is 5.07. The van der Waals surface area contributed by atoms with Crippen molar-refractivity contribution < 1.29 is 4.74 Å². The predicted octanol–water partition coefficient (Wildman–Crippen LogP) is 7.46. The van der Waals surface area contributed by atoms with Crippen LogP contribution in [0, 0.1) is 0 Å². The van der Waals surface area contributed by atoms with Gasteiger partial charge in [0.05, 0.1) is 0 Å². The molecule has 0 aromatic heterocycles. The van der Waals surface area contributed by atoms with E-state index < -0.39 is 0 Å². The Morgan fingerprint density at radius 1 is 0.724 bits per heavy atom. The van der Waals surface area contributed by atoms with Crippen LogP contribution in [-0.2, 0) is 12.0 Å². The molecule has 4 aromatic carbocycles. The number of hydrogen-bond acceptors (Lipinski definition) is 2. The SMILES string of the molecule is CC(C)(C)c1ccccc1Nc1ccc2cc(OCc3ccccc3)ccc2c1. The van der Waals surface area contributed by atoms with Crippen LogP contribution in [0.3, 0.4) is 0 Å². The van der Waals surface area contributed by atoms with Crippen LogP contribution in [-0.4, -0.2) is 0 Å². The molecule has 0 amide bonds. The monoisotopic (exact) mass is 381 g/mol. The average molecular weight is 382 g/mol. The number of rotatable bonds is 5. The van der Waals surface area contributed by atoms with Crippen molar-refractivity contribution in [3.8, 4) is 5.75 Å². The summed E-state index contributed by atoms with van der Waals surface area (Å²) in [6, 6.07) is 31.5. The fourth-order valence-electron chi connectivity index (χ4n) is 3.53. The van der Waals surface area contributed by atoms with Crippen molar-refractivity contribution in [1.82, 2.24) is 0 Å². The van der Waals surface area contributed by atoms with Gasteiger partial charge >= 0.3 is 0 Å². The molecule has 4 rings (SSSR count). The molecule has 2 nitrogen and oxygen atoms in total. The largest absolute Gasteiger partial charge is 0.489 e. The van der Waals surface area contributed by atoms with Crippen LogP contribution < -0.4 is 10.1 Å². The maximum Gasteiger partial charge on any atom is 0.120 e. The molecule has 0 fully saturated rings. The normalized spacial score (nSPS) is 11.4. The Morgan fingerprint density at radius 3 is 2.21 bits per heavy atom. The molecule has 0 atom stereocenters. The van der Waals surface area contributed by atoms with Gasteiger partial charge in [-0.15, -0.1) is 0 Å². The Balaban J connectivity index is 1.53. The maximum absolute atomic E-state index is 5.96. The molecule has 0 saturated heterocycles. The average Bonchev–Trinajstić information content (AvgIpc) is 2.72. The molecule has 0 aliphatic carbocycles. The number of anilines is 2. The first-order valence-electron chi connectivity index (χ1n) is 10.1. The molecule has 0 spiro atoms. The van der Waals surface area contributed by atoms with E-state index in [4.69, 9.17) is 4.74 Å². The third kappa shape index (κ3) is 4.60. The maximum atomic E-state index is 5.96. The highest BCUT2D eigenvalue weighted by Gasteiger charge is 2.17. The van der Waals surface area contributed by atoms with Crippen LogP contribution >= 0.6 is 0 Å². The van der Waals surface area contributed by atoms with E-state index in [-0.39, 0.29) is 5.41 Å². The molecule has 0 heterocycles. The van der Waals surface area contributed by atoms with Gasteiger partial charge in [0.25, 0.3) is 0 Å². The molecule has 4 aromatic rings. The van der Waals surface area contributed by atoms with Crippen molar-refractivity contribution in [3.05, 3.63) is 102 Å². The van der Waals surface area contributed by atoms with Crippen LogP contribution in [0.2, 0.25) is 0 Å². The Kier molecular flexibility index (Phi) is 5.26. The quantitative estimate of drug-likeness (QED) is 0.387. The van der Waals surface area contributed by atoms with Gasteiger partial charge in [0.2, 0.25) is 0 Å². The lowest BCUT2D eigenvalue weighted by Gasteiger charge is -2.23. The van der Waals surface area contributed by atoms with Gasteiger partial charge in [0.1, 0.15) is 12.4 Å². The molecule has 0 saturated carbocycles. The summed E-state index contributed by atoms with van der Waals surface area (Å²) >= 11 is 0. The minimum atomic E-state index is 0.0887. The van der Waals surface area contributed by atoms with E-state index >= 15 is 0 Å². The molecular formula is C27H27NO. The Morgan fingerprint density at radius 2 is 1.41 bits per heavy atom.